The van der Waals surface area contributed by atoms with E-state index in [1.54, 1.807) is 0 Å². The van der Waals surface area contributed by atoms with Crippen LogP contribution in [-0.2, 0) is 6.18 Å². The summed E-state index contributed by atoms with van der Waals surface area (Å²) in [6, 6.07) is 2.66. The second-order valence-corrected chi connectivity index (χ2v) is 2.73. The van der Waals surface area contributed by atoms with Gasteiger partial charge in [-0.1, -0.05) is 0 Å². The third-order valence-corrected chi connectivity index (χ3v) is 1.74. The van der Waals surface area contributed by atoms with Crippen molar-refractivity contribution in [3.05, 3.63) is 36.5 Å². The fraction of sp³-hybridized carbons (Fsp3) is 0.111. The Hall–Kier alpha value is -1.85. The van der Waals surface area contributed by atoms with Crippen molar-refractivity contribution in [1.29, 1.82) is 0 Å². The Balaban J connectivity index is 2.58. The average molecular weight is 214 g/mol. The predicted octanol–water partition coefficient (Wildman–Crippen LogP) is 2.76. The molecule has 0 aliphatic heterocycles. The summed E-state index contributed by atoms with van der Waals surface area (Å²) >= 11 is 0. The maximum atomic E-state index is 12.5. The first-order valence-electron chi connectivity index (χ1n) is 4.01. The van der Waals surface area contributed by atoms with Gasteiger partial charge < -0.3 is 4.42 Å². The van der Waals surface area contributed by atoms with E-state index in [9.17, 15) is 13.2 Å². The third kappa shape index (κ3) is 1.83. The fourth-order valence-electron chi connectivity index (χ4n) is 1.16. The predicted molar refractivity (Wildman–Crippen MR) is 44.7 cm³/mol. The van der Waals surface area contributed by atoms with E-state index in [0.29, 0.717) is 0 Å². The molecule has 0 aromatic carbocycles. The van der Waals surface area contributed by atoms with Crippen LogP contribution in [0, 0.1) is 0 Å². The van der Waals surface area contributed by atoms with Gasteiger partial charge in [-0.3, -0.25) is 4.98 Å². The van der Waals surface area contributed by atoms with Gasteiger partial charge in [0.1, 0.15) is 6.26 Å². The highest BCUT2D eigenvalue weighted by Crippen LogP contribution is 2.34. The van der Waals surface area contributed by atoms with E-state index in [1.165, 1.54) is 24.6 Å². The SMILES string of the molecule is FC(F)(F)c1ncccc1-c1ncco1. The van der Waals surface area contributed by atoms with Gasteiger partial charge in [-0.25, -0.2) is 4.98 Å². The Morgan fingerprint density at radius 1 is 1.13 bits per heavy atom. The fourth-order valence-corrected chi connectivity index (χ4v) is 1.16. The summed E-state index contributed by atoms with van der Waals surface area (Å²) in [6.07, 6.45) is -0.939. The number of nitrogens with zero attached hydrogens (tertiary/aromatic N) is 2. The lowest BCUT2D eigenvalue weighted by molar-refractivity contribution is -0.140. The molecule has 0 saturated heterocycles. The largest absolute Gasteiger partial charge is 0.444 e. The standard InChI is InChI=1S/C9H5F3N2O/c10-9(11,12)7-6(2-1-3-13-7)8-14-4-5-15-8/h1-5H. The lowest BCUT2D eigenvalue weighted by Crippen LogP contribution is -2.09. The highest BCUT2D eigenvalue weighted by molar-refractivity contribution is 5.56. The lowest BCUT2D eigenvalue weighted by Gasteiger charge is -2.08. The molecule has 78 valence electrons. The highest BCUT2D eigenvalue weighted by Gasteiger charge is 2.36. The summed E-state index contributed by atoms with van der Waals surface area (Å²) in [7, 11) is 0. The minimum absolute atomic E-state index is 0.0876. The maximum Gasteiger partial charge on any atom is 0.434 e. The van der Waals surface area contributed by atoms with Gasteiger partial charge in [-0.2, -0.15) is 13.2 Å². The summed E-state index contributed by atoms with van der Waals surface area (Å²) in [4.78, 5) is 6.93. The van der Waals surface area contributed by atoms with Gasteiger partial charge in [-0.05, 0) is 12.1 Å². The molecular weight excluding hydrogens is 209 g/mol. The van der Waals surface area contributed by atoms with E-state index in [0.717, 1.165) is 6.20 Å². The molecule has 6 heteroatoms. The first-order chi connectivity index (χ1) is 7.09. The number of hydrogen-bond donors (Lipinski definition) is 0. The van der Waals surface area contributed by atoms with Crippen LogP contribution in [0.3, 0.4) is 0 Å². The van der Waals surface area contributed by atoms with Gasteiger partial charge in [0.15, 0.2) is 5.69 Å². The Labute approximate surface area is 82.6 Å². The van der Waals surface area contributed by atoms with Gasteiger partial charge >= 0.3 is 6.18 Å². The van der Waals surface area contributed by atoms with E-state index in [1.807, 2.05) is 0 Å². The topological polar surface area (TPSA) is 38.9 Å². The van der Waals surface area contributed by atoms with Crippen molar-refractivity contribution in [2.45, 2.75) is 6.18 Å². The van der Waals surface area contributed by atoms with Crippen LogP contribution >= 0.6 is 0 Å². The quantitative estimate of drug-likeness (QED) is 0.732. The first-order valence-corrected chi connectivity index (χ1v) is 4.01. The summed E-state index contributed by atoms with van der Waals surface area (Å²) in [5, 5.41) is 0. The minimum Gasteiger partial charge on any atom is -0.444 e. The zero-order chi connectivity index (χ0) is 10.9. The number of pyridine rings is 1. The molecule has 0 bridgehead atoms. The molecule has 2 aromatic heterocycles. The van der Waals surface area contributed by atoms with E-state index in [4.69, 9.17) is 4.42 Å². The zero-order valence-electron chi connectivity index (χ0n) is 7.32. The molecule has 0 atom stereocenters. The Kier molecular flexibility index (Phi) is 2.18. The lowest BCUT2D eigenvalue weighted by atomic mass is 10.2. The van der Waals surface area contributed by atoms with Crippen molar-refractivity contribution in [3.8, 4) is 11.5 Å². The van der Waals surface area contributed by atoms with Crippen LogP contribution in [0.25, 0.3) is 11.5 Å². The summed E-state index contributed by atoms with van der Waals surface area (Å²) in [5.74, 6) is -0.0876. The maximum absolute atomic E-state index is 12.5. The third-order valence-electron chi connectivity index (χ3n) is 1.74. The average Bonchev–Trinajstić information content (AvgIpc) is 2.69. The number of rotatable bonds is 1. The Morgan fingerprint density at radius 3 is 2.53 bits per heavy atom. The van der Waals surface area contributed by atoms with Gasteiger partial charge in [0.25, 0.3) is 0 Å². The molecule has 0 amide bonds. The van der Waals surface area contributed by atoms with Crippen molar-refractivity contribution < 1.29 is 17.6 Å². The van der Waals surface area contributed by atoms with Crippen LogP contribution in [0.4, 0.5) is 13.2 Å². The molecule has 0 unspecified atom stereocenters. The molecule has 2 heterocycles. The van der Waals surface area contributed by atoms with Gasteiger partial charge in [0.05, 0.1) is 11.8 Å². The molecule has 0 aliphatic carbocycles. The molecule has 0 saturated carbocycles. The van der Waals surface area contributed by atoms with Crippen LogP contribution in [0.1, 0.15) is 5.69 Å². The summed E-state index contributed by atoms with van der Waals surface area (Å²) in [5.41, 5.74) is -1.15. The van der Waals surface area contributed by atoms with E-state index < -0.39 is 11.9 Å². The van der Waals surface area contributed by atoms with E-state index in [2.05, 4.69) is 9.97 Å². The van der Waals surface area contributed by atoms with Crippen LogP contribution in [0.5, 0.6) is 0 Å². The van der Waals surface area contributed by atoms with Crippen molar-refractivity contribution in [2.75, 3.05) is 0 Å². The molecule has 0 N–H and O–H groups in total. The Morgan fingerprint density at radius 2 is 1.93 bits per heavy atom. The van der Waals surface area contributed by atoms with Crippen molar-refractivity contribution in [1.82, 2.24) is 9.97 Å². The van der Waals surface area contributed by atoms with E-state index in [-0.39, 0.29) is 11.5 Å². The summed E-state index contributed by atoms with van der Waals surface area (Å²) < 4.78 is 42.3. The van der Waals surface area contributed by atoms with E-state index >= 15 is 0 Å². The number of halogens is 3. The Bertz CT molecular complexity index is 451. The molecule has 0 radical (unpaired) electrons. The van der Waals surface area contributed by atoms with Crippen molar-refractivity contribution in [3.63, 3.8) is 0 Å². The monoisotopic (exact) mass is 214 g/mol. The van der Waals surface area contributed by atoms with Crippen molar-refractivity contribution in [2.24, 2.45) is 0 Å². The number of hydrogen-bond acceptors (Lipinski definition) is 3. The molecule has 15 heavy (non-hydrogen) atoms. The molecular formula is C9H5F3N2O. The molecule has 0 fully saturated rings. The van der Waals surface area contributed by atoms with Crippen LogP contribution in [0.2, 0.25) is 0 Å². The molecule has 2 aromatic rings. The van der Waals surface area contributed by atoms with Gasteiger partial charge in [0.2, 0.25) is 5.89 Å². The molecule has 0 spiro atoms. The van der Waals surface area contributed by atoms with Gasteiger partial charge in [0, 0.05) is 6.20 Å². The second kappa shape index (κ2) is 3.38. The smallest absolute Gasteiger partial charge is 0.434 e. The van der Waals surface area contributed by atoms with Crippen molar-refractivity contribution >= 4 is 0 Å². The molecule has 2 rings (SSSR count). The molecule has 0 aliphatic rings. The van der Waals surface area contributed by atoms with Crippen LogP contribution in [0.15, 0.2) is 35.2 Å². The first kappa shape index (κ1) is 9.70. The summed E-state index contributed by atoms with van der Waals surface area (Å²) in [6.45, 7) is 0. The van der Waals surface area contributed by atoms with Crippen LogP contribution in [-0.4, -0.2) is 9.97 Å². The van der Waals surface area contributed by atoms with Gasteiger partial charge in [-0.15, -0.1) is 0 Å². The number of oxazole rings is 1. The highest BCUT2D eigenvalue weighted by atomic mass is 19.4. The number of alkyl halides is 3. The second-order valence-electron chi connectivity index (χ2n) is 2.73. The molecule has 3 nitrogen and oxygen atoms in total. The normalized spacial score (nSPS) is 11.7. The zero-order valence-corrected chi connectivity index (χ0v) is 7.32. The minimum atomic E-state index is -4.51. The van der Waals surface area contributed by atoms with Crippen LogP contribution < -0.4 is 0 Å². The number of aromatic nitrogens is 2.